The molecule has 0 bridgehead atoms. The number of rotatable bonds is 4. The lowest BCUT2D eigenvalue weighted by atomic mass is 10.1. The molecule has 2 heterocycles. The molecular weight excluding hydrogens is 481 g/mol. The zero-order chi connectivity index (χ0) is 18.3. The number of thiazole rings is 1. The van der Waals surface area contributed by atoms with Gasteiger partial charge in [-0.05, 0) is 65.9 Å². The third kappa shape index (κ3) is 3.36. The van der Waals surface area contributed by atoms with Crippen molar-refractivity contribution in [2.75, 3.05) is 4.72 Å². The first kappa shape index (κ1) is 17.5. The molecule has 2 aromatic heterocycles. The van der Waals surface area contributed by atoms with Gasteiger partial charge in [0, 0.05) is 32.1 Å². The second-order valence-electron chi connectivity index (χ2n) is 5.80. The highest BCUT2D eigenvalue weighted by molar-refractivity contribution is 14.1. The Bertz CT molecular complexity index is 1190. The minimum atomic E-state index is -3.63. The fourth-order valence-corrected chi connectivity index (χ4v) is 4.86. The third-order valence-corrected chi connectivity index (χ3v) is 7.00. The molecule has 4 aromatic rings. The summed E-state index contributed by atoms with van der Waals surface area (Å²) in [5.41, 5.74) is 3.31. The topological polar surface area (TPSA) is 63.5 Å². The molecule has 0 aliphatic heterocycles. The highest BCUT2D eigenvalue weighted by Crippen LogP contribution is 2.26. The van der Waals surface area contributed by atoms with Gasteiger partial charge in [-0.1, -0.05) is 12.1 Å². The van der Waals surface area contributed by atoms with E-state index < -0.39 is 10.0 Å². The molecule has 8 heteroatoms. The van der Waals surface area contributed by atoms with Crippen LogP contribution in [0.15, 0.2) is 65.0 Å². The van der Waals surface area contributed by atoms with E-state index in [0.29, 0.717) is 5.69 Å². The molecule has 0 atom stereocenters. The summed E-state index contributed by atoms with van der Waals surface area (Å²) >= 11 is 3.72. The molecule has 0 saturated heterocycles. The number of halogens is 1. The van der Waals surface area contributed by atoms with Gasteiger partial charge in [0.2, 0.25) is 0 Å². The number of imidazole rings is 1. The van der Waals surface area contributed by atoms with Crippen LogP contribution in [-0.2, 0) is 10.0 Å². The molecule has 2 aromatic carbocycles. The number of sulfonamides is 1. The van der Waals surface area contributed by atoms with Gasteiger partial charge < -0.3 is 0 Å². The Labute approximate surface area is 168 Å². The molecule has 0 spiro atoms. The first-order chi connectivity index (χ1) is 12.4. The maximum absolute atomic E-state index is 12.6. The van der Waals surface area contributed by atoms with Crippen LogP contribution in [0.25, 0.3) is 16.2 Å². The lowest BCUT2D eigenvalue weighted by Gasteiger charge is -2.09. The molecule has 0 saturated carbocycles. The zero-order valence-corrected chi connectivity index (χ0v) is 17.5. The van der Waals surface area contributed by atoms with Crippen LogP contribution >= 0.6 is 33.9 Å². The van der Waals surface area contributed by atoms with Crippen molar-refractivity contribution >= 4 is 54.6 Å². The normalized spacial score (nSPS) is 11.8. The quantitative estimate of drug-likeness (QED) is 0.415. The number of hydrogen-bond acceptors (Lipinski definition) is 4. The second-order valence-corrected chi connectivity index (χ2v) is 9.56. The van der Waals surface area contributed by atoms with Gasteiger partial charge in [-0.15, -0.1) is 11.3 Å². The van der Waals surface area contributed by atoms with Gasteiger partial charge in [0.1, 0.15) is 0 Å². The van der Waals surface area contributed by atoms with Crippen molar-refractivity contribution in [3.05, 3.63) is 69.4 Å². The number of nitrogens with zero attached hydrogens (tertiary/aromatic N) is 2. The molecule has 1 N–H and O–H groups in total. The van der Waals surface area contributed by atoms with Crippen LogP contribution in [0, 0.1) is 10.5 Å². The summed E-state index contributed by atoms with van der Waals surface area (Å²) in [6, 6.07) is 14.0. The van der Waals surface area contributed by atoms with E-state index in [0.717, 1.165) is 25.5 Å². The summed E-state index contributed by atoms with van der Waals surface area (Å²) in [4.78, 5) is 5.77. The summed E-state index contributed by atoms with van der Waals surface area (Å²) in [5.74, 6) is 0. The lowest BCUT2D eigenvalue weighted by Crippen LogP contribution is -2.12. The van der Waals surface area contributed by atoms with E-state index in [2.05, 4.69) is 37.7 Å². The number of benzene rings is 2. The van der Waals surface area contributed by atoms with Gasteiger partial charge in [-0.3, -0.25) is 9.12 Å². The molecular formula is C18H14IN3O2S2. The van der Waals surface area contributed by atoms with Crippen LogP contribution in [-0.4, -0.2) is 17.8 Å². The van der Waals surface area contributed by atoms with Crippen molar-refractivity contribution in [3.63, 3.8) is 0 Å². The fourth-order valence-electron chi connectivity index (χ4n) is 2.60. The van der Waals surface area contributed by atoms with E-state index in [-0.39, 0.29) is 4.90 Å². The molecule has 0 aliphatic rings. The van der Waals surface area contributed by atoms with Crippen molar-refractivity contribution in [2.45, 2.75) is 11.8 Å². The van der Waals surface area contributed by atoms with Gasteiger partial charge in [-0.25, -0.2) is 13.4 Å². The van der Waals surface area contributed by atoms with E-state index >= 15 is 0 Å². The number of hydrogen-bond donors (Lipinski definition) is 1. The number of anilines is 1. The minimum absolute atomic E-state index is 0.237. The Morgan fingerprint density at radius 2 is 1.92 bits per heavy atom. The lowest BCUT2D eigenvalue weighted by molar-refractivity contribution is 0.601. The fraction of sp³-hybridized carbons (Fsp3) is 0.0556. The van der Waals surface area contributed by atoms with Crippen LogP contribution in [0.1, 0.15) is 5.69 Å². The van der Waals surface area contributed by atoms with Gasteiger partial charge >= 0.3 is 0 Å². The van der Waals surface area contributed by atoms with Gasteiger partial charge in [-0.2, -0.15) is 0 Å². The summed E-state index contributed by atoms with van der Waals surface area (Å²) in [6.07, 6.45) is 1.97. The SMILES string of the molecule is Cc1csc2nc(-c3cccc(NS(=O)(=O)c4ccc(I)cc4)c3)cn12. The van der Waals surface area contributed by atoms with Crippen molar-refractivity contribution in [3.8, 4) is 11.3 Å². The first-order valence-electron chi connectivity index (χ1n) is 7.74. The van der Waals surface area contributed by atoms with E-state index in [9.17, 15) is 8.42 Å². The Morgan fingerprint density at radius 3 is 2.65 bits per heavy atom. The van der Waals surface area contributed by atoms with Crippen LogP contribution in [0.5, 0.6) is 0 Å². The Kier molecular flexibility index (Phi) is 4.49. The smallest absolute Gasteiger partial charge is 0.261 e. The third-order valence-electron chi connectivity index (χ3n) is 3.92. The second kappa shape index (κ2) is 6.67. The summed E-state index contributed by atoms with van der Waals surface area (Å²) in [7, 11) is -3.63. The van der Waals surface area contributed by atoms with Crippen LogP contribution < -0.4 is 4.72 Å². The Balaban J connectivity index is 1.66. The largest absolute Gasteiger partial charge is 0.294 e. The average Bonchev–Trinajstić information content (AvgIpc) is 3.18. The monoisotopic (exact) mass is 495 g/mol. The van der Waals surface area contributed by atoms with Gasteiger partial charge in [0.25, 0.3) is 10.0 Å². The first-order valence-corrected chi connectivity index (χ1v) is 11.2. The number of fused-ring (bicyclic) bond motifs is 1. The minimum Gasteiger partial charge on any atom is -0.294 e. The van der Waals surface area contributed by atoms with Crippen molar-refractivity contribution in [2.24, 2.45) is 0 Å². The van der Waals surface area contributed by atoms with Crippen molar-refractivity contribution in [1.82, 2.24) is 9.38 Å². The van der Waals surface area contributed by atoms with Crippen molar-refractivity contribution in [1.29, 1.82) is 0 Å². The van der Waals surface area contributed by atoms with E-state index in [1.807, 2.05) is 29.7 Å². The van der Waals surface area contributed by atoms with Gasteiger partial charge in [0.05, 0.1) is 10.6 Å². The maximum Gasteiger partial charge on any atom is 0.261 e. The molecule has 0 radical (unpaired) electrons. The summed E-state index contributed by atoms with van der Waals surface area (Å²) < 4.78 is 30.8. The molecule has 4 rings (SSSR count). The predicted octanol–water partition coefficient (Wildman–Crippen LogP) is 4.78. The van der Waals surface area contributed by atoms with Gasteiger partial charge in [0.15, 0.2) is 4.96 Å². The van der Waals surface area contributed by atoms with E-state index in [4.69, 9.17) is 0 Å². The van der Waals surface area contributed by atoms with Crippen LogP contribution in [0.3, 0.4) is 0 Å². The summed E-state index contributed by atoms with van der Waals surface area (Å²) in [5, 5.41) is 2.05. The maximum atomic E-state index is 12.6. The van der Waals surface area contributed by atoms with E-state index in [1.54, 1.807) is 47.7 Å². The Morgan fingerprint density at radius 1 is 1.15 bits per heavy atom. The highest BCUT2D eigenvalue weighted by atomic mass is 127. The summed E-state index contributed by atoms with van der Waals surface area (Å²) in [6.45, 7) is 2.03. The number of nitrogens with one attached hydrogen (secondary N) is 1. The number of aryl methyl sites for hydroxylation is 1. The molecule has 0 unspecified atom stereocenters. The van der Waals surface area contributed by atoms with Crippen LogP contribution in [0.4, 0.5) is 5.69 Å². The molecule has 26 heavy (non-hydrogen) atoms. The standard InChI is InChI=1S/C18H14IN3O2S2/c1-12-11-25-18-20-17(10-22(12)18)13-3-2-4-15(9-13)21-26(23,24)16-7-5-14(19)6-8-16/h2-11,21H,1H3. The predicted molar refractivity (Wildman–Crippen MR) is 113 cm³/mol. The molecule has 132 valence electrons. The Hall–Kier alpha value is -1.91. The van der Waals surface area contributed by atoms with Crippen LogP contribution in [0.2, 0.25) is 0 Å². The molecule has 5 nitrogen and oxygen atoms in total. The zero-order valence-electron chi connectivity index (χ0n) is 13.7. The highest BCUT2D eigenvalue weighted by Gasteiger charge is 2.15. The van der Waals surface area contributed by atoms with E-state index in [1.165, 1.54) is 0 Å². The molecule has 0 amide bonds. The average molecular weight is 495 g/mol. The number of aromatic nitrogens is 2. The molecule has 0 aliphatic carbocycles. The van der Waals surface area contributed by atoms with Crippen molar-refractivity contribution < 1.29 is 8.42 Å². The molecule has 0 fully saturated rings.